The second-order valence-corrected chi connectivity index (χ2v) is 7.07. The van der Waals surface area contributed by atoms with Crippen molar-refractivity contribution in [1.82, 2.24) is 9.88 Å². The molecule has 1 aliphatic rings. The number of carbonyl (C=O) groups is 2. The molecule has 28 heavy (non-hydrogen) atoms. The molecular formula is C21H20N4O3. The van der Waals surface area contributed by atoms with Crippen LogP contribution in [0.2, 0.25) is 0 Å². The van der Waals surface area contributed by atoms with Gasteiger partial charge >= 0.3 is 0 Å². The number of phenolic OH excluding ortho intramolecular Hbond substituents is 1. The fourth-order valence-electron chi connectivity index (χ4n) is 3.63. The van der Waals surface area contributed by atoms with Crippen LogP contribution in [0.1, 0.15) is 26.3 Å². The molecule has 0 spiro atoms. The van der Waals surface area contributed by atoms with Crippen LogP contribution >= 0.6 is 0 Å². The molecule has 0 saturated carbocycles. The SMILES string of the molecule is CN(C)CCNc1nc2cc(O)cc(C(N)=O)c2c2c1C(=O)c1ccccc1-2. The van der Waals surface area contributed by atoms with Crippen molar-refractivity contribution < 1.29 is 14.7 Å². The van der Waals surface area contributed by atoms with E-state index in [1.54, 1.807) is 12.1 Å². The molecule has 1 heterocycles. The van der Waals surface area contributed by atoms with E-state index in [4.69, 9.17) is 5.73 Å². The number of phenols is 1. The summed E-state index contributed by atoms with van der Waals surface area (Å²) in [6, 6.07) is 10.0. The third-order valence-electron chi connectivity index (χ3n) is 4.86. The van der Waals surface area contributed by atoms with Crippen LogP contribution in [0.4, 0.5) is 5.82 Å². The third kappa shape index (κ3) is 2.76. The van der Waals surface area contributed by atoms with E-state index < -0.39 is 5.91 Å². The monoisotopic (exact) mass is 376 g/mol. The zero-order valence-corrected chi connectivity index (χ0v) is 15.6. The molecular weight excluding hydrogens is 356 g/mol. The van der Waals surface area contributed by atoms with E-state index in [1.807, 2.05) is 31.1 Å². The number of primary amides is 1. The Kier molecular flexibility index (Phi) is 4.24. The number of nitrogens with one attached hydrogen (secondary N) is 1. The lowest BCUT2D eigenvalue weighted by molar-refractivity contribution is 0.0999. The highest BCUT2D eigenvalue weighted by molar-refractivity contribution is 6.29. The van der Waals surface area contributed by atoms with Crippen molar-refractivity contribution in [3.8, 4) is 16.9 Å². The third-order valence-corrected chi connectivity index (χ3v) is 4.86. The molecule has 1 aromatic heterocycles. The second-order valence-electron chi connectivity index (χ2n) is 7.07. The minimum atomic E-state index is -0.685. The van der Waals surface area contributed by atoms with Crippen LogP contribution < -0.4 is 11.1 Å². The number of hydrogen-bond donors (Lipinski definition) is 3. The first-order valence-electron chi connectivity index (χ1n) is 8.91. The highest BCUT2D eigenvalue weighted by atomic mass is 16.3. The number of hydrogen-bond acceptors (Lipinski definition) is 6. The lowest BCUT2D eigenvalue weighted by atomic mass is 9.96. The number of aromatic hydroxyl groups is 1. The van der Waals surface area contributed by atoms with E-state index in [0.29, 0.717) is 40.0 Å². The van der Waals surface area contributed by atoms with Gasteiger partial charge in [0.05, 0.1) is 16.6 Å². The average Bonchev–Trinajstić information content (AvgIpc) is 2.94. The summed E-state index contributed by atoms with van der Waals surface area (Å²) in [5, 5.41) is 13.8. The van der Waals surface area contributed by atoms with Gasteiger partial charge in [-0.2, -0.15) is 0 Å². The van der Waals surface area contributed by atoms with Crippen molar-refractivity contribution in [2.75, 3.05) is 32.5 Å². The van der Waals surface area contributed by atoms with E-state index in [0.717, 1.165) is 12.1 Å². The number of ketones is 1. The molecule has 4 N–H and O–H groups in total. The molecule has 2 aromatic carbocycles. The topological polar surface area (TPSA) is 109 Å². The maximum absolute atomic E-state index is 13.1. The van der Waals surface area contributed by atoms with Gasteiger partial charge in [-0.15, -0.1) is 0 Å². The number of nitrogens with two attached hydrogens (primary N) is 1. The molecule has 0 radical (unpaired) electrons. The summed E-state index contributed by atoms with van der Waals surface area (Å²) in [5.41, 5.74) is 8.47. The molecule has 0 atom stereocenters. The maximum Gasteiger partial charge on any atom is 0.249 e. The van der Waals surface area contributed by atoms with E-state index >= 15 is 0 Å². The maximum atomic E-state index is 13.1. The molecule has 0 bridgehead atoms. The fourth-order valence-corrected chi connectivity index (χ4v) is 3.63. The quantitative estimate of drug-likeness (QED) is 0.493. The molecule has 0 saturated heterocycles. The molecule has 1 aliphatic carbocycles. The molecule has 7 heteroatoms. The first kappa shape index (κ1) is 17.9. The summed E-state index contributed by atoms with van der Waals surface area (Å²) >= 11 is 0. The first-order valence-corrected chi connectivity index (χ1v) is 8.91. The second kappa shape index (κ2) is 6.61. The fraction of sp³-hybridized carbons (Fsp3) is 0.190. The van der Waals surface area contributed by atoms with Crippen molar-refractivity contribution in [1.29, 1.82) is 0 Å². The number of amides is 1. The van der Waals surface area contributed by atoms with Crippen LogP contribution in [0.5, 0.6) is 5.75 Å². The number of anilines is 1. The van der Waals surface area contributed by atoms with Crippen LogP contribution in [0.25, 0.3) is 22.0 Å². The summed E-state index contributed by atoms with van der Waals surface area (Å²) < 4.78 is 0. The Bertz CT molecular complexity index is 1140. The number of fused-ring (bicyclic) bond motifs is 5. The van der Waals surface area contributed by atoms with Crippen molar-refractivity contribution in [2.24, 2.45) is 5.73 Å². The lowest BCUT2D eigenvalue weighted by Crippen LogP contribution is -2.22. The van der Waals surface area contributed by atoms with E-state index in [-0.39, 0.29) is 17.1 Å². The standard InChI is InChI=1S/C21H20N4O3/c1-25(2)8-7-23-21-18-17(12-5-3-4-6-13(12)19(18)27)16-14(20(22)28)9-11(26)10-15(16)24-21/h3-6,9-10,26H,7-8H2,1-2H3,(H2,22,28)(H,23,24). The predicted molar refractivity (Wildman–Crippen MR) is 108 cm³/mol. The van der Waals surface area contributed by atoms with Crippen molar-refractivity contribution >= 4 is 28.4 Å². The summed E-state index contributed by atoms with van der Waals surface area (Å²) in [5.74, 6) is -0.497. The van der Waals surface area contributed by atoms with Crippen LogP contribution in [-0.2, 0) is 0 Å². The number of pyridine rings is 1. The first-order chi connectivity index (χ1) is 13.4. The van der Waals surface area contributed by atoms with Gasteiger partial charge in [0.25, 0.3) is 0 Å². The largest absolute Gasteiger partial charge is 0.508 e. The van der Waals surface area contributed by atoms with Gasteiger partial charge in [-0.05, 0) is 25.7 Å². The minimum absolute atomic E-state index is 0.106. The molecule has 1 amide bonds. The number of carbonyl (C=O) groups excluding carboxylic acids is 2. The predicted octanol–water partition coefficient (Wildman–Crippen LogP) is 2.22. The molecule has 7 nitrogen and oxygen atoms in total. The average molecular weight is 376 g/mol. The van der Waals surface area contributed by atoms with Crippen molar-refractivity contribution in [3.63, 3.8) is 0 Å². The molecule has 3 aromatic rings. The minimum Gasteiger partial charge on any atom is -0.508 e. The molecule has 4 rings (SSSR count). The molecule has 0 fully saturated rings. The van der Waals surface area contributed by atoms with E-state index in [1.165, 1.54) is 12.1 Å². The highest BCUT2D eigenvalue weighted by Gasteiger charge is 2.33. The molecule has 142 valence electrons. The summed E-state index contributed by atoms with van der Waals surface area (Å²) in [6.45, 7) is 1.34. The van der Waals surface area contributed by atoms with Crippen molar-refractivity contribution in [3.05, 3.63) is 53.1 Å². The van der Waals surface area contributed by atoms with E-state index in [2.05, 4.69) is 10.3 Å². The van der Waals surface area contributed by atoms with Gasteiger partial charge in [0.1, 0.15) is 11.6 Å². The van der Waals surface area contributed by atoms with Gasteiger partial charge in [0, 0.05) is 35.7 Å². The Hall–Kier alpha value is -3.45. The lowest BCUT2D eigenvalue weighted by Gasteiger charge is -2.16. The van der Waals surface area contributed by atoms with Gasteiger partial charge in [0.2, 0.25) is 5.91 Å². The number of nitrogens with zero attached hydrogens (tertiary/aromatic N) is 2. The Labute approximate surface area is 161 Å². The summed E-state index contributed by atoms with van der Waals surface area (Å²) in [4.78, 5) is 31.8. The smallest absolute Gasteiger partial charge is 0.249 e. The van der Waals surface area contributed by atoms with Crippen molar-refractivity contribution in [2.45, 2.75) is 0 Å². The van der Waals surface area contributed by atoms with Crippen LogP contribution in [0, 0.1) is 0 Å². The van der Waals surface area contributed by atoms with Gasteiger partial charge in [-0.3, -0.25) is 9.59 Å². The number of likely N-dealkylation sites (N-methyl/N-ethyl adjacent to an activating group) is 1. The van der Waals surface area contributed by atoms with Crippen LogP contribution in [-0.4, -0.2) is 53.9 Å². The van der Waals surface area contributed by atoms with Crippen LogP contribution in [0.15, 0.2) is 36.4 Å². The number of benzene rings is 2. The normalized spacial score (nSPS) is 12.3. The van der Waals surface area contributed by atoms with Gasteiger partial charge < -0.3 is 21.1 Å². The number of aromatic nitrogens is 1. The highest BCUT2D eigenvalue weighted by Crippen LogP contribution is 2.45. The Morgan fingerprint density at radius 1 is 1.18 bits per heavy atom. The Morgan fingerprint density at radius 3 is 2.57 bits per heavy atom. The zero-order valence-electron chi connectivity index (χ0n) is 15.6. The van der Waals surface area contributed by atoms with Gasteiger partial charge in [-0.1, -0.05) is 24.3 Å². The Balaban J connectivity index is 2.05. The summed E-state index contributed by atoms with van der Waals surface area (Å²) in [7, 11) is 3.91. The van der Waals surface area contributed by atoms with Gasteiger partial charge in [-0.25, -0.2) is 4.98 Å². The van der Waals surface area contributed by atoms with Gasteiger partial charge in [0.15, 0.2) is 5.78 Å². The zero-order chi connectivity index (χ0) is 20.0. The van der Waals surface area contributed by atoms with E-state index in [9.17, 15) is 14.7 Å². The molecule has 0 aliphatic heterocycles. The molecule has 0 unspecified atom stereocenters. The summed E-state index contributed by atoms with van der Waals surface area (Å²) in [6.07, 6.45) is 0. The Morgan fingerprint density at radius 2 is 1.89 bits per heavy atom. The number of rotatable bonds is 5. The van der Waals surface area contributed by atoms with Crippen LogP contribution in [0.3, 0.4) is 0 Å².